The lowest BCUT2D eigenvalue weighted by Gasteiger charge is -2.28. The Morgan fingerprint density at radius 2 is 2.35 bits per heavy atom. The van der Waals surface area contributed by atoms with E-state index in [4.69, 9.17) is 4.74 Å². The number of fused-ring (bicyclic) bond motifs is 1. The SMILES string of the molecule is COc1cccc(CN2CC3CNCCN3C2=O)c1F. The number of carbonyl (C=O) groups excluding carboxylic acids is 1. The van der Waals surface area contributed by atoms with Crippen molar-refractivity contribution in [2.45, 2.75) is 12.6 Å². The zero-order valence-corrected chi connectivity index (χ0v) is 11.4. The van der Waals surface area contributed by atoms with Gasteiger partial charge < -0.3 is 19.9 Å². The molecule has 0 saturated carbocycles. The second-order valence-corrected chi connectivity index (χ2v) is 5.15. The summed E-state index contributed by atoms with van der Waals surface area (Å²) in [4.78, 5) is 15.9. The first-order valence-electron chi connectivity index (χ1n) is 6.78. The zero-order valence-electron chi connectivity index (χ0n) is 11.4. The van der Waals surface area contributed by atoms with E-state index in [9.17, 15) is 9.18 Å². The predicted molar refractivity (Wildman–Crippen MR) is 72.1 cm³/mol. The van der Waals surface area contributed by atoms with Crippen molar-refractivity contribution in [3.63, 3.8) is 0 Å². The summed E-state index contributed by atoms with van der Waals surface area (Å²) in [6.07, 6.45) is 0. The Kier molecular flexibility index (Phi) is 3.48. The fraction of sp³-hybridized carbons (Fsp3) is 0.500. The van der Waals surface area contributed by atoms with Crippen LogP contribution in [-0.4, -0.2) is 55.2 Å². The molecule has 0 spiro atoms. The predicted octanol–water partition coefficient (Wildman–Crippen LogP) is 1.04. The number of methoxy groups -OCH3 is 1. The standard InChI is InChI=1S/C14H18FN3O2/c1-20-12-4-2-3-10(13(12)15)8-17-9-11-7-16-5-6-18(11)14(17)19/h2-4,11,16H,5-9H2,1H3. The number of hydrogen-bond donors (Lipinski definition) is 1. The number of nitrogens with one attached hydrogen (secondary N) is 1. The molecule has 0 aromatic heterocycles. The molecule has 3 rings (SSSR count). The van der Waals surface area contributed by atoms with Gasteiger partial charge in [0.15, 0.2) is 11.6 Å². The van der Waals surface area contributed by atoms with Gasteiger partial charge in [0.25, 0.3) is 0 Å². The molecule has 2 amide bonds. The lowest BCUT2D eigenvalue weighted by Crippen LogP contribution is -2.49. The van der Waals surface area contributed by atoms with E-state index in [1.54, 1.807) is 23.1 Å². The summed E-state index contributed by atoms with van der Waals surface area (Å²) in [6, 6.07) is 5.22. The summed E-state index contributed by atoms with van der Waals surface area (Å²) < 4.78 is 19.1. The van der Waals surface area contributed by atoms with Crippen LogP contribution in [-0.2, 0) is 6.54 Å². The Morgan fingerprint density at radius 1 is 1.50 bits per heavy atom. The van der Waals surface area contributed by atoms with Gasteiger partial charge in [-0.15, -0.1) is 0 Å². The Morgan fingerprint density at radius 3 is 3.10 bits per heavy atom. The third-order valence-electron chi connectivity index (χ3n) is 3.92. The monoisotopic (exact) mass is 279 g/mol. The van der Waals surface area contributed by atoms with E-state index in [2.05, 4.69) is 5.32 Å². The normalized spacial score (nSPS) is 22.1. The van der Waals surface area contributed by atoms with Crippen LogP contribution in [0.5, 0.6) is 5.75 Å². The van der Waals surface area contributed by atoms with Crippen LogP contribution in [0.15, 0.2) is 18.2 Å². The number of nitrogens with zero attached hydrogens (tertiary/aromatic N) is 2. The van der Waals surface area contributed by atoms with Crippen LogP contribution in [0.3, 0.4) is 0 Å². The first-order valence-corrected chi connectivity index (χ1v) is 6.78. The Hall–Kier alpha value is -1.82. The average molecular weight is 279 g/mol. The molecule has 0 radical (unpaired) electrons. The van der Waals surface area contributed by atoms with Gasteiger partial charge in [0.05, 0.1) is 19.7 Å². The van der Waals surface area contributed by atoms with E-state index in [0.717, 1.165) is 19.6 Å². The van der Waals surface area contributed by atoms with Crippen molar-refractivity contribution in [1.82, 2.24) is 15.1 Å². The molecule has 20 heavy (non-hydrogen) atoms. The maximum Gasteiger partial charge on any atom is 0.320 e. The molecule has 2 aliphatic rings. The molecule has 0 aliphatic carbocycles. The van der Waals surface area contributed by atoms with Gasteiger partial charge in [-0.1, -0.05) is 12.1 Å². The molecule has 2 saturated heterocycles. The number of benzene rings is 1. The van der Waals surface area contributed by atoms with E-state index in [1.165, 1.54) is 7.11 Å². The lowest BCUT2D eigenvalue weighted by atomic mass is 10.2. The topological polar surface area (TPSA) is 44.8 Å². The highest BCUT2D eigenvalue weighted by Crippen LogP contribution is 2.24. The van der Waals surface area contributed by atoms with Crippen LogP contribution < -0.4 is 10.1 Å². The minimum atomic E-state index is -0.384. The van der Waals surface area contributed by atoms with Crippen molar-refractivity contribution in [2.24, 2.45) is 0 Å². The Bertz CT molecular complexity index is 523. The first kappa shape index (κ1) is 13.2. The maximum absolute atomic E-state index is 14.1. The molecule has 108 valence electrons. The third kappa shape index (κ3) is 2.20. The van der Waals surface area contributed by atoms with Gasteiger partial charge in [0.1, 0.15) is 0 Å². The summed E-state index contributed by atoms with van der Waals surface area (Å²) in [5.41, 5.74) is 0.491. The highest BCUT2D eigenvalue weighted by molar-refractivity contribution is 5.77. The molecule has 2 fully saturated rings. The summed E-state index contributed by atoms with van der Waals surface area (Å²) in [5, 5.41) is 3.28. The first-order chi connectivity index (χ1) is 9.70. The number of ether oxygens (including phenoxy) is 1. The molecule has 5 nitrogen and oxygen atoms in total. The summed E-state index contributed by atoms with van der Waals surface area (Å²) in [7, 11) is 1.44. The molecule has 1 N–H and O–H groups in total. The Balaban J connectivity index is 1.77. The van der Waals surface area contributed by atoms with Crippen LogP contribution >= 0.6 is 0 Å². The molecule has 2 aliphatic heterocycles. The van der Waals surface area contributed by atoms with Gasteiger partial charge in [-0.3, -0.25) is 0 Å². The number of hydrogen-bond acceptors (Lipinski definition) is 3. The van der Waals surface area contributed by atoms with Crippen LogP contribution in [0, 0.1) is 5.82 Å². The van der Waals surface area contributed by atoms with Crippen LogP contribution in [0.4, 0.5) is 9.18 Å². The number of rotatable bonds is 3. The van der Waals surface area contributed by atoms with Gasteiger partial charge in [-0.25, -0.2) is 9.18 Å². The van der Waals surface area contributed by atoms with Crippen molar-refractivity contribution < 1.29 is 13.9 Å². The third-order valence-corrected chi connectivity index (χ3v) is 3.92. The number of urea groups is 1. The second kappa shape index (κ2) is 5.28. The number of amides is 2. The van der Waals surface area contributed by atoms with Gasteiger partial charge >= 0.3 is 6.03 Å². The quantitative estimate of drug-likeness (QED) is 0.899. The minimum Gasteiger partial charge on any atom is -0.494 e. The summed E-state index contributed by atoms with van der Waals surface area (Å²) >= 11 is 0. The highest BCUT2D eigenvalue weighted by Gasteiger charge is 2.38. The van der Waals surface area contributed by atoms with Gasteiger partial charge in [-0.05, 0) is 6.07 Å². The molecule has 1 atom stereocenters. The largest absolute Gasteiger partial charge is 0.494 e. The smallest absolute Gasteiger partial charge is 0.320 e. The molecule has 1 aromatic rings. The van der Waals surface area contributed by atoms with Crippen LogP contribution in [0.1, 0.15) is 5.56 Å². The minimum absolute atomic E-state index is 0.00119. The molecule has 1 unspecified atom stereocenters. The molecule has 6 heteroatoms. The fourth-order valence-corrected chi connectivity index (χ4v) is 2.86. The summed E-state index contributed by atoms with van der Waals surface area (Å²) in [6.45, 7) is 3.28. The van der Waals surface area contributed by atoms with Gasteiger partial charge in [0, 0.05) is 31.7 Å². The van der Waals surface area contributed by atoms with Crippen LogP contribution in [0.2, 0.25) is 0 Å². The van der Waals surface area contributed by atoms with Gasteiger partial charge in [-0.2, -0.15) is 0 Å². The molecule has 2 heterocycles. The van der Waals surface area contributed by atoms with Gasteiger partial charge in [0.2, 0.25) is 0 Å². The fourth-order valence-electron chi connectivity index (χ4n) is 2.86. The zero-order chi connectivity index (χ0) is 14.1. The average Bonchev–Trinajstić information content (AvgIpc) is 2.78. The number of piperazine rings is 1. The van der Waals surface area contributed by atoms with Crippen molar-refractivity contribution in [3.8, 4) is 5.75 Å². The molecular formula is C14H18FN3O2. The van der Waals surface area contributed by atoms with Crippen molar-refractivity contribution in [2.75, 3.05) is 33.3 Å². The maximum atomic E-state index is 14.1. The van der Waals surface area contributed by atoms with Crippen molar-refractivity contribution in [1.29, 1.82) is 0 Å². The van der Waals surface area contributed by atoms with E-state index >= 15 is 0 Å². The van der Waals surface area contributed by atoms with E-state index in [1.807, 2.05) is 4.90 Å². The molecule has 0 bridgehead atoms. The summed E-state index contributed by atoms with van der Waals surface area (Å²) in [5.74, 6) is -0.167. The highest BCUT2D eigenvalue weighted by atomic mass is 19.1. The number of halogens is 1. The lowest BCUT2D eigenvalue weighted by molar-refractivity contribution is 0.178. The van der Waals surface area contributed by atoms with Crippen LogP contribution in [0.25, 0.3) is 0 Å². The van der Waals surface area contributed by atoms with Crippen molar-refractivity contribution in [3.05, 3.63) is 29.6 Å². The van der Waals surface area contributed by atoms with Crippen molar-refractivity contribution >= 4 is 6.03 Å². The van der Waals surface area contributed by atoms with E-state index < -0.39 is 0 Å². The molecule has 1 aromatic carbocycles. The van der Waals surface area contributed by atoms with E-state index in [-0.39, 0.29) is 30.2 Å². The van der Waals surface area contributed by atoms with E-state index in [0.29, 0.717) is 12.1 Å². The Labute approximate surface area is 117 Å². The molecular weight excluding hydrogens is 261 g/mol. The number of carbonyl (C=O) groups is 1. The second-order valence-electron chi connectivity index (χ2n) is 5.15.